The number of nitrogens with zero attached hydrogens (tertiary/aromatic N) is 2. The fourth-order valence-corrected chi connectivity index (χ4v) is 5.53. The SMILES string of the molecule is CC(C)c1ccc([C@H]2C(=C(O)c3ccc4c(c3)C[C@H](C)O4)C(=O)C(=O)N2CCCN2CCOCC2)cc1. The van der Waals surface area contributed by atoms with E-state index in [0.717, 1.165) is 62.6 Å². The summed E-state index contributed by atoms with van der Waals surface area (Å²) in [6.45, 7) is 10.7. The Morgan fingerprint density at radius 3 is 2.49 bits per heavy atom. The molecule has 2 aromatic rings. The number of likely N-dealkylation sites (tertiary alicyclic amines) is 1. The van der Waals surface area contributed by atoms with Crippen molar-refractivity contribution < 1.29 is 24.2 Å². The van der Waals surface area contributed by atoms with Gasteiger partial charge in [0.1, 0.15) is 17.6 Å². The summed E-state index contributed by atoms with van der Waals surface area (Å²) >= 11 is 0. The van der Waals surface area contributed by atoms with Crippen LogP contribution in [0.2, 0.25) is 0 Å². The van der Waals surface area contributed by atoms with Crippen LogP contribution < -0.4 is 4.74 Å². The van der Waals surface area contributed by atoms with Crippen LogP contribution in [0.3, 0.4) is 0 Å². The highest BCUT2D eigenvalue weighted by Crippen LogP contribution is 2.41. The molecule has 0 aromatic heterocycles. The highest BCUT2D eigenvalue weighted by molar-refractivity contribution is 6.46. The van der Waals surface area contributed by atoms with E-state index in [1.165, 1.54) is 5.56 Å². The van der Waals surface area contributed by atoms with Crippen molar-refractivity contribution in [2.75, 3.05) is 39.4 Å². The number of fused-ring (bicyclic) bond motifs is 1. The Hall–Kier alpha value is -3.16. The Labute approximate surface area is 218 Å². The molecule has 7 heteroatoms. The first-order valence-corrected chi connectivity index (χ1v) is 13.3. The van der Waals surface area contributed by atoms with Crippen molar-refractivity contribution in [3.8, 4) is 5.75 Å². The summed E-state index contributed by atoms with van der Waals surface area (Å²) < 4.78 is 11.2. The van der Waals surface area contributed by atoms with Crippen molar-refractivity contribution in [2.24, 2.45) is 0 Å². The zero-order valence-corrected chi connectivity index (χ0v) is 21.9. The smallest absolute Gasteiger partial charge is 0.295 e. The summed E-state index contributed by atoms with van der Waals surface area (Å²) in [4.78, 5) is 30.6. The van der Waals surface area contributed by atoms with Crippen LogP contribution in [0.15, 0.2) is 48.0 Å². The van der Waals surface area contributed by atoms with E-state index in [2.05, 4.69) is 18.7 Å². The van der Waals surface area contributed by atoms with E-state index >= 15 is 0 Å². The van der Waals surface area contributed by atoms with Crippen LogP contribution >= 0.6 is 0 Å². The fourth-order valence-electron chi connectivity index (χ4n) is 5.53. The second-order valence-corrected chi connectivity index (χ2v) is 10.6. The van der Waals surface area contributed by atoms with E-state index in [0.29, 0.717) is 18.0 Å². The summed E-state index contributed by atoms with van der Waals surface area (Å²) in [6.07, 6.45) is 1.55. The molecule has 2 aromatic carbocycles. The molecule has 2 atom stereocenters. The van der Waals surface area contributed by atoms with E-state index in [1.54, 1.807) is 11.0 Å². The molecule has 1 N–H and O–H groups in total. The number of amides is 1. The molecule has 0 unspecified atom stereocenters. The number of carbonyl (C=O) groups is 2. The first-order valence-electron chi connectivity index (χ1n) is 13.3. The van der Waals surface area contributed by atoms with E-state index in [-0.39, 0.29) is 17.4 Å². The van der Waals surface area contributed by atoms with Crippen molar-refractivity contribution in [2.45, 2.75) is 51.7 Å². The standard InChI is InChI=1S/C30H36N2O5/c1-19(2)21-5-7-22(8-6-21)27-26(28(33)23-9-10-25-24(18-23)17-20(3)37-25)29(34)30(35)32(27)12-4-11-31-13-15-36-16-14-31/h5-10,18-20,27,33H,4,11-17H2,1-3H3/t20-,27-/m0/s1. The van der Waals surface area contributed by atoms with Gasteiger partial charge in [0.15, 0.2) is 0 Å². The Morgan fingerprint density at radius 2 is 1.78 bits per heavy atom. The number of aliphatic hydroxyl groups excluding tert-OH is 1. The van der Waals surface area contributed by atoms with Crippen molar-refractivity contribution in [1.82, 2.24) is 9.80 Å². The van der Waals surface area contributed by atoms with Crippen LogP contribution in [-0.4, -0.2) is 72.1 Å². The average molecular weight is 505 g/mol. The van der Waals surface area contributed by atoms with Crippen LogP contribution in [-0.2, 0) is 20.7 Å². The number of hydrogen-bond acceptors (Lipinski definition) is 6. The van der Waals surface area contributed by atoms with Crippen molar-refractivity contribution in [1.29, 1.82) is 0 Å². The summed E-state index contributed by atoms with van der Waals surface area (Å²) in [6, 6.07) is 12.9. The number of aliphatic hydroxyl groups is 1. The van der Waals surface area contributed by atoms with Gasteiger partial charge in [-0.2, -0.15) is 0 Å². The van der Waals surface area contributed by atoms with Gasteiger partial charge in [-0.25, -0.2) is 0 Å². The number of carbonyl (C=O) groups excluding carboxylic acids is 2. The Bertz CT molecular complexity index is 1200. The quantitative estimate of drug-likeness (QED) is 0.345. The van der Waals surface area contributed by atoms with Crippen LogP contribution in [0.1, 0.15) is 61.4 Å². The molecular formula is C30H36N2O5. The second kappa shape index (κ2) is 10.7. The maximum atomic E-state index is 13.4. The van der Waals surface area contributed by atoms with Gasteiger partial charge in [0.25, 0.3) is 11.7 Å². The zero-order valence-electron chi connectivity index (χ0n) is 21.9. The molecular weight excluding hydrogens is 468 g/mol. The Kier molecular flexibility index (Phi) is 7.36. The first kappa shape index (κ1) is 25.5. The van der Waals surface area contributed by atoms with Crippen LogP contribution in [0.25, 0.3) is 5.76 Å². The maximum Gasteiger partial charge on any atom is 0.295 e. The number of morpholine rings is 1. The molecule has 196 valence electrons. The molecule has 0 saturated carbocycles. The number of benzene rings is 2. The molecule has 0 spiro atoms. The van der Waals surface area contributed by atoms with E-state index in [9.17, 15) is 14.7 Å². The fraction of sp³-hybridized carbons (Fsp3) is 0.467. The van der Waals surface area contributed by atoms with Gasteiger partial charge in [-0.3, -0.25) is 14.5 Å². The lowest BCUT2D eigenvalue weighted by Gasteiger charge is -2.29. The van der Waals surface area contributed by atoms with Gasteiger partial charge in [-0.1, -0.05) is 38.1 Å². The molecule has 0 radical (unpaired) electrons. The number of hydrogen-bond donors (Lipinski definition) is 1. The molecule has 2 fully saturated rings. The van der Waals surface area contributed by atoms with Crippen LogP contribution in [0.5, 0.6) is 5.75 Å². The third kappa shape index (κ3) is 5.15. The molecule has 37 heavy (non-hydrogen) atoms. The van der Waals surface area contributed by atoms with Gasteiger partial charge >= 0.3 is 0 Å². The lowest BCUT2D eigenvalue weighted by Crippen LogP contribution is -2.38. The van der Waals surface area contributed by atoms with Gasteiger partial charge in [0.05, 0.1) is 24.8 Å². The third-order valence-corrected chi connectivity index (χ3v) is 7.61. The predicted molar refractivity (Wildman–Crippen MR) is 142 cm³/mol. The summed E-state index contributed by atoms with van der Waals surface area (Å²) in [5.41, 5.74) is 3.69. The first-order chi connectivity index (χ1) is 17.8. The summed E-state index contributed by atoms with van der Waals surface area (Å²) in [5, 5.41) is 11.4. The molecule has 2 saturated heterocycles. The third-order valence-electron chi connectivity index (χ3n) is 7.61. The summed E-state index contributed by atoms with van der Waals surface area (Å²) in [7, 11) is 0. The minimum absolute atomic E-state index is 0.0731. The van der Waals surface area contributed by atoms with Crippen LogP contribution in [0, 0.1) is 0 Å². The molecule has 3 aliphatic heterocycles. The van der Waals surface area contributed by atoms with Crippen molar-refractivity contribution in [3.05, 3.63) is 70.3 Å². The van der Waals surface area contributed by atoms with Crippen molar-refractivity contribution >= 4 is 17.4 Å². The number of ether oxygens (including phenoxy) is 2. The van der Waals surface area contributed by atoms with Gasteiger partial charge in [0, 0.05) is 38.2 Å². The van der Waals surface area contributed by atoms with Gasteiger partial charge < -0.3 is 19.5 Å². The highest BCUT2D eigenvalue weighted by atomic mass is 16.5. The van der Waals surface area contributed by atoms with E-state index < -0.39 is 17.7 Å². The maximum absolute atomic E-state index is 13.4. The monoisotopic (exact) mass is 504 g/mol. The van der Waals surface area contributed by atoms with Gasteiger partial charge in [0.2, 0.25) is 0 Å². The molecule has 5 rings (SSSR count). The second-order valence-electron chi connectivity index (χ2n) is 10.6. The lowest BCUT2D eigenvalue weighted by atomic mass is 9.92. The Balaban J connectivity index is 1.49. The number of rotatable bonds is 7. The molecule has 0 aliphatic carbocycles. The number of ketones is 1. The summed E-state index contributed by atoms with van der Waals surface area (Å²) in [5.74, 6) is -0.154. The molecule has 3 aliphatic rings. The minimum atomic E-state index is -0.632. The zero-order chi connectivity index (χ0) is 26.1. The number of Topliss-reactive ketones (excluding diaryl/α,β-unsaturated/α-hetero) is 1. The van der Waals surface area contributed by atoms with E-state index in [1.807, 2.05) is 43.3 Å². The highest BCUT2D eigenvalue weighted by Gasteiger charge is 2.46. The minimum Gasteiger partial charge on any atom is -0.507 e. The van der Waals surface area contributed by atoms with Gasteiger partial charge in [-0.15, -0.1) is 0 Å². The van der Waals surface area contributed by atoms with Crippen molar-refractivity contribution in [3.63, 3.8) is 0 Å². The largest absolute Gasteiger partial charge is 0.507 e. The lowest BCUT2D eigenvalue weighted by molar-refractivity contribution is -0.140. The Morgan fingerprint density at radius 1 is 1.05 bits per heavy atom. The van der Waals surface area contributed by atoms with Crippen LogP contribution in [0.4, 0.5) is 0 Å². The predicted octanol–water partition coefficient (Wildman–Crippen LogP) is 4.28. The topological polar surface area (TPSA) is 79.3 Å². The molecule has 7 nitrogen and oxygen atoms in total. The average Bonchev–Trinajstić information content (AvgIpc) is 3.40. The molecule has 0 bridgehead atoms. The van der Waals surface area contributed by atoms with E-state index in [4.69, 9.17) is 9.47 Å². The van der Waals surface area contributed by atoms with Gasteiger partial charge in [-0.05, 0) is 54.2 Å². The normalized spacial score (nSPS) is 23.5. The molecule has 3 heterocycles. The molecule has 1 amide bonds.